The molecule has 0 bridgehead atoms. The molecule has 19 heavy (non-hydrogen) atoms. The standard InChI is InChI=1S/C17H34N2/c1-2-3-13-19-14-9-17(10-15-19)6-4-5-16-7-11-18-12-8-16/h16-18H,2-15H2,1H3. The fourth-order valence-electron chi connectivity index (χ4n) is 3.75. The second-order valence-electron chi connectivity index (χ2n) is 6.76. The summed E-state index contributed by atoms with van der Waals surface area (Å²) in [5, 5.41) is 3.47. The Morgan fingerprint density at radius 2 is 1.53 bits per heavy atom. The first kappa shape index (κ1) is 15.3. The Morgan fingerprint density at radius 3 is 2.16 bits per heavy atom. The zero-order valence-corrected chi connectivity index (χ0v) is 13.0. The van der Waals surface area contributed by atoms with Gasteiger partial charge in [0.2, 0.25) is 0 Å². The van der Waals surface area contributed by atoms with Gasteiger partial charge < -0.3 is 10.2 Å². The van der Waals surface area contributed by atoms with Crippen molar-refractivity contribution in [1.29, 1.82) is 0 Å². The monoisotopic (exact) mass is 266 g/mol. The molecule has 0 radical (unpaired) electrons. The maximum Gasteiger partial charge on any atom is -0.00161 e. The third-order valence-corrected chi connectivity index (χ3v) is 5.22. The average Bonchev–Trinajstić information content (AvgIpc) is 2.47. The van der Waals surface area contributed by atoms with Crippen LogP contribution in [0.15, 0.2) is 0 Å². The van der Waals surface area contributed by atoms with Gasteiger partial charge in [0.1, 0.15) is 0 Å². The lowest BCUT2D eigenvalue weighted by molar-refractivity contribution is 0.173. The predicted octanol–water partition coefficient (Wildman–Crippen LogP) is 3.67. The van der Waals surface area contributed by atoms with E-state index in [0.717, 1.165) is 11.8 Å². The van der Waals surface area contributed by atoms with E-state index in [1.54, 1.807) is 0 Å². The van der Waals surface area contributed by atoms with Crippen LogP contribution in [0.3, 0.4) is 0 Å². The molecule has 1 N–H and O–H groups in total. The summed E-state index contributed by atoms with van der Waals surface area (Å²) in [6.07, 6.45) is 13.0. The van der Waals surface area contributed by atoms with Gasteiger partial charge in [0.25, 0.3) is 0 Å². The fourth-order valence-corrected chi connectivity index (χ4v) is 3.75. The van der Waals surface area contributed by atoms with Crippen molar-refractivity contribution in [2.75, 3.05) is 32.7 Å². The van der Waals surface area contributed by atoms with Gasteiger partial charge in [-0.25, -0.2) is 0 Å². The van der Waals surface area contributed by atoms with Crippen LogP contribution in [0, 0.1) is 11.8 Å². The molecule has 2 nitrogen and oxygen atoms in total. The van der Waals surface area contributed by atoms with Gasteiger partial charge >= 0.3 is 0 Å². The van der Waals surface area contributed by atoms with Gasteiger partial charge in [0, 0.05) is 0 Å². The molecule has 0 aliphatic carbocycles. The zero-order chi connectivity index (χ0) is 13.3. The molecule has 2 heteroatoms. The first-order valence-corrected chi connectivity index (χ1v) is 8.81. The SMILES string of the molecule is CCCCN1CCC(CCCC2CCNCC2)CC1. The lowest BCUT2D eigenvalue weighted by Gasteiger charge is -2.32. The van der Waals surface area contributed by atoms with Crippen molar-refractivity contribution >= 4 is 0 Å². The molecule has 0 spiro atoms. The molecule has 0 amide bonds. The number of likely N-dealkylation sites (tertiary alicyclic amines) is 1. The Balaban J connectivity index is 1.50. The molecule has 2 aliphatic heterocycles. The van der Waals surface area contributed by atoms with E-state index >= 15 is 0 Å². The smallest absolute Gasteiger partial charge is 0.00161 e. The number of piperidine rings is 2. The van der Waals surface area contributed by atoms with Crippen molar-refractivity contribution in [1.82, 2.24) is 10.2 Å². The number of hydrogen-bond acceptors (Lipinski definition) is 2. The molecule has 2 aliphatic rings. The highest BCUT2D eigenvalue weighted by Crippen LogP contribution is 2.25. The summed E-state index contributed by atoms with van der Waals surface area (Å²) in [6, 6.07) is 0. The number of rotatable bonds is 7. The van der Waals surface area contributed by atoms with E-state index < -0.39 is 0 Å². The van der Waals surface area contributed by atoms with Crippen LogP contribution in [0.5, 0.6) is 0 Å². The Morgan fingerprint density at radius 1 is 0.895 bits per heavy atom. The van der Waals surface area contributed by atoms with Crippen LogP contribution in [0.4, 0.5) is 0 Å². The first-order chi connectivity index (χ1) is 9.38. The quantitative estimate of drug-likeness (QED) is 0.756. The predicted molar refractivity (Wildman–Crippen MR) is 83.5 cm³/mol. The zero-order valence-electron chi connectivity index (χ0n) is 13.0. The van der Waals surface area contributed by atoms with Crippen LogP contribution in [0.25, 0.3) is 0 Å². The van der Waals surface area contributed by atoms with Crippen LogP contribution in [-0.2, 0) is 0 Å². The molecular weight excluding hydrogens is 232 g/mol. The largest absolute Gasteiger partial charge is 0.317 e. The Labute approximate surface area is 120 Å². The minimum Gasteiger partial charge on any atom is -0.317 e. The number of unbranched alkanes of at least 4 members (excludes halogenated alkanes) is 1. The van der Waals surface area contributed by atoms with Crippen molar-refractivity contribution in [3.8, 4) is 0 Å². The minimum atomic E-state index is 1.03. The van der Waals surface area contributed by atoms with E-state index in [0.29, 0.717) is 0 Å². The highest BCUT2D eigenvalue weighted by molar-refractivity contribution is 4.74. The summed E-state index contributed by atoms with van der Waals surface area (Å²) in [7, 11) is 0. The van der Waals surface area contributed by atoms with Crippen molar-refractivity contribution < 1.29 is 0 Å². The van der Waals surface area contributed by atoms with Crippen LogP contribution < -0.4 is 5.32 Å². The van der Waals surface area contributed by atoms with Gasteiger partial charge in [-0.3, -0.25) is 0 Å². The molecule has 2 rings (SSSR count). The van der Waals surface area contributed by atoms with Gasteiger partial charge in [-0.1, -0.05) is 32.6 Å². The summed E-state index contributed by atoms with van der Waals surface area (Å²) >= 11 is 0. The van der Waals surface area contributed by atoms with Crippen molar-refractivity contribution in [3.63, 3.8) is 0 Å². The van der Waals surface area contributed by atoms with E-state index in [4.69, 9.17) is 0 Å². The molecule has 0 aromatic rings. The van der Waals surface area contributed by atoms with E-state index in [1.807, 2.05) is 0 Å². The van der Waals surface area contributed by atoms with Crippen LogP contribution in [0.1, 0.15) is 64.7 Å². The second kappa shape index (κ2) is 8.97. The van der Waals surface area contributed by atoms with Gasteiger partial charge in [0.15, 0.2) is 0 Å². The number of nitrogens with zero attached hydrogens (tertiary/aromatic N) is 1. The van der Waals surface area contributed by atoms with Crippen LogP contribution in [-0.4, -0.2) is 37.6 Å². The molecule has 0 unspecified atom stereocenters. The van der Waals surface area contributed by atoms with Crippen LogP contribution >= 0.6 is 0 Å². The molecule has 0 aromatic carbocycles. The maximum absolute atomic E-state index is 3.47. The Kier molecular flexibility index (Phi) is 7.23. The molecule has 2 fully saturated rings. The highest BCUT2D eigenvalue weighted by Gasteiger charge is 2.19. The molecule has 2 heterocycles. The molecule has 0 atom stereocenters. The molecule has 112 valence electrons. The van der Waals surface area contributed by atoms with Gasteiger partial charge in [-0.05, 0) is 76.7 Å². The van der Waals surface area contributed by atoms with Gasteiger partial charge in [0.05, 0.1) is 0 Å². The summed E-state index contributed by atoms with van der Waals surface area (Å²) < 4.78 is 0. The highest BCUT2D eigenvalue weighted by atomic mass is 15.1. The van der Waals surface area contributed by atoms with Gasteiger partial charge in [-0.15, -0.1) is 0 Å². The van der Waals surface area contributed by atoms with Crippen molar-refractivity contribution in [3.05, 3.63) is 0 Å². The average molecular weight is 266 g/mol. The van der Waals surface area contributed by atoms with E-state index in [1.165, 1.54) is 90.5 Å². The lowest BCUT2D eigenvalue weighted by Crippen LogP contribution is -2.34. The Hall–Kier alpha value is -0.0800. The number of hydrogen-bond donors (Lipinski definition) is 1. The molecule has 0 aromatic heterocycles. The van der Waals surface area contributed by atoms with Crippen molar-refractivity contribution in [2.24, 2.45) is 11.8 Å². The number of nitrogens with one attached hydrogen (secondary N) is 1. The Bertz CT molecular complexity index is 215. The third kappa shape index (κ3) is 5.83. The van der Waals surface area contributed by atoms with Crippen LogP contribution in [0.2, 0.25) is 0 Å². The summed E-state index contributed by atoms with van der Waals surface area (Å²) in [6.45, 7) is 8.92. The van der Waals surface area contributed by atoms with E-state index in [2.05, 4.69) is 17.1 Å². The molecular formula is C17H34N2. The van der Waals surface area contributed by atoms with Crippen molar-refractivity contribution in [2.45, 2.75) is 64.7 Å². The van der Waals surface area contributed by atoms with Gasteiger partial charge in [-0.2, -0.15) is 0 Å². The summed E-state index contributed by atoms with van der Waals surface area (Å²) in [4.78, 5) is 2.69. The summed E-state index contributed by atoms with van der Waals surface area (Å²) in [5.74, 6) is 2.07. The van der Waals surface area contributed by atoms with E-state index in [-0.39, 0.29) is 0 Å². The minimum absolute atomic E-state index is 1.03. The maximum atomic E-state index is 3.47. The normalized spacial score (nSPS) is 23.8. The first-order valence-electron chi connectivity index (χ1n) is 8.81. The lowest BCUT2D eigenvalue weighted by atomic mass is 9.87. The van der Waals surface area contributed by atoms with E-state index in [9.17, 15) is 0 Å². The second-order valence-corrected chi connectivity index (χ2v) is 6.76. The fraction of sp³-hybridized carbons (Fsp3) is 1.00. The third-order valence-electron chi connectivity index (χ3n) is 5.22. The molecule has 0 saturated carbocycles. The topological polar surface area (TPSA) is 15.3 Å². The molecule has 2 saturated heterocycles. The summed E-state index contributed by atoms with van der Waals surface area (Å²) in [5.41, 5.74) is 0.